The Labute approximate surface area is 174 Å². The Bertz CT molecular complexity index is 1030. The second kappa shape index (κ2) is 8.80. The Morgan fingerprint density at radius 3 is 2.30 bits per heavy atom. The number of ether oxygens (including phenoxy) is 1. The fourth-order valence-corrected chi connectivity index (χ4v) is 3.70. The van der Waals surface area contributed by atoms with E-state index in [1.54, 1.807) is 29.7 Å². The molecule has 0 bridgehead atoms. The standard InChI is InChI=1S/C24H22N2O4/c27-23(19-14-18-8-4-5-9-21(18)30-15-19)25-20-12-10-17(11-13-20)22(24(28)26-29)16-6-2-1-3-7-16/h1-13,19,22,29H,14-15H2,(H,25,27)(H,26,28). The lowest BCUT2D eigenvalue weighted by Crippen LogP contribution is -2.32. The van der Waals surface area contributed by atoms with Crippen LogP contribution in [-0.2, 0) is 16.0 Å². The minimum absolute atomic E-state index is 0.107. The maximum absolute atomic E-state index is 12.7. The molecule has 0 saturated carbocycles. The van der Waals surface area contributed by atoms with Crippen LogP contribution in [0, 0.1) is 5.92 Å². The molecule has 0 spiro atoms. The van der Waals surface area contributed by atoms with Crippen molar-refractivity contribution < 1.29 is 19.5 Å². The van der Waals surface area contributed by atoms with Crippen molar-refractivity contribution in [3.05, 3.63) is 95.6 Å². The Hall–Kier alpha value is -3.64. The zero-order chi connectivity index (χ0) is 20.9. The third-order valence-corrected chi connectivity index (χ3v) is 5.27. The van der Waals surface area contributed by atoms with E-state index in [1.807, 2.05) is 54.6 Å². The van der Waals surface area contributed by atoms with Gasteiger partial charge in [-0.05, 0) is 41.3 Å². The van der Waals surface area contributed by atoms with Crippen LogP contribution in [0.1, 0.15) is 22.6 Å². The summed E-state index contributed by atoms with van der Waals surface area (Å²) in [5, 5.41) is 12.1. The van der Waals surface area contributed by atoms with Gasteiger partial charge in [-0.15, -0.1) is 0 Å². The van der Waals surface area contributed by atoms with Gasteiger partial charge in [-0.3, -0.25) is 14.8 Å². The van der Waals surface area contributed by atoms with Gasteiger partial charge in [0, 0.05) is 5.69 Å². The largest absolute Gasteiger partial charge is 0.492 e. The van der Waals surface area contributed by atoms with Crippen LogP contribution in [0.3, 0.4) is 0 Å². The number of hydrogen-bond acceptors (Lipinski definition) is 4. The van der Waals surface area contributed by atoms with Crippen molar-refractivity contribution in [2.45, 2.75) is 12.3 Å². The quantitative estimate of drug-likeness (QED) is 0.450. The van der Waals surface area contributed by atoms with Crippen LogP contribution < -0.4 is 15.5 Å². The predicted molar refractivity (Wildman–Crippen MR) is 112 cm³/mol. The van der Waals surface area contributed by atoms with Crippen molar-refractivity contribution in [1.29, 1.82) is 0 Å². The van der Waals surface area contributed by atoms with Gasteiger partial charge < -0.3 is 10.1 Å². The molecule has 0 radical (unpaired) electrons. The maximum Gasteiger partial charge on any atom is 0.255 e. The lowest BCUT2D eigenvalue weighted by atomic mass is 9.90. The van der Waals surface area contributed by atoms with Crippen LogP contribution in [0.25, 0.3) is 0 Å². The molecule has 0 fully saturated rings. The second-order valence-corrected chi connectivity index (χ2v) is 7.25. The third-order valence-electron chi connectivity index (χ3n) is 5.27. The van der Waals surface area contributed by atoms with E-state index in [-0.39, 0.29) is 11.8 Å². The molecule has 4 rings (SSSR count). The third kappa shape index (κ3) is 4.18. The van der Waals surface area contributed by atoms with Crippen LogP contribution in [-0.4, -0.2) is 23.6 Å². The molecule has 1 aliphatic heterocycles. The minimum Gasteiger partial charge on any atom is -0.492 e. The molecule has 1 heterocycles. The van der Waals surface area contributed by atoms with E-state index >= 15 is 0 Å². The van der Waals surface area contributed by atoms with Gasteiger partial charge in [0.1, 0.15) is 12.4 Å². The molecule has 3 aromatic carbocycles. The highest BCUT2D eigenvalue weighted by atomic mass is 16.5. The van der Waals surface area contributed by atoms with Gasteiger partial charge in [0.2, 0.25) is 5.91 Å². The van der Waals surface area contributed by atoms with E-state index in [4.69, 9.17) is 9.94 Å². The normalized spacial score (nSPS) is 16.0. The number of anilines is 1. The highest BCUT2D eigenvalue weighted by Gasteiger charge is 2.26. The first-order valence-electron chi connectivity index (χ1n) is 9.76. The summed E-state index contributed by atoms with van der Waals surface area (Å²) in [7, 11) is 0. The first-order chi connectivity index (χ1) is 14.7. The molecule has 1 aliphatic rings. The van der Waals surface area contributed by atoms with Crippen molar-refractivity contribution in [1.82, 2.24) is 5.48 Å². The van der Waals surface area contributed by atoms with Crippen molar-refractivity contribution in [3.63, 3.8) is 0 Å². The van der Waals surface area contributed by atoms with Crippen molar-refractivity contribution in [3.8, 4) is 5.75 Å². The summed E-state index contributed by atoms with van der Waals surface area (Å²) in [6.07, 6.45) is 0.632. The monoisotopic (exact) mass is 402 g/mol. The molecule has 0 aromatic heterocycles. The highest BCUT2D eigenvalue weighted by molar-refractivity contribution is 5.93. The first kappa shape index (κ1) is 19.7. The van der Waals surface area contributed by atoms with E-state index < -0.39 is 11.8 Å². The van der Waals surface area contributed by atoms with E-state index in [9.17, 15) is 9.59 Å². The minimum atomic E-state index is -0.649. The number of amides is 2. The van der Waals surface area contributed by atoms with Gasteiger partial charge >= 0.3 is 0 Å². The summed E-state index contributed by atoms with van der Waals surface area (Å²) in [4.78, 5) is 24.9. The van der Waals surface area contributed by atoms with E-state index in [1.165, 1.54) is 0 Å². The lowest BCUT2D eigenvalue weighted by molar-refractivity contribution is -0.129. The summed E-state index contributed by atoms with van der Waals surface area (Å²) in [6.45, 7) is 0.341. The van der Waals surface area contributed by atoms with E-state index in [0.717, 1.165) is 16.9 Å². The molecular weight excluding hydrogens is 380 g/mol. The van der Waals surface area contributed by atoms with Gasteiger partial charge in [0.05, 0.1) is 11.8 Å². The molecule has 152 valence electrons. The van der Waals surface area contributed by atoms with Gasteiger partial charge in [0.15, 0.2) is 0 Å². The molecule has 2 amide bonds. The number of hydrogen-bond donors (Lipinski definition) is 3. The molecule has 0 aliphatic carbocycles. The van der Waals surface area contributed by atoms with Crippen LogP contribution in [0.15, 0.2) is 78.9 Å². The Kier molecular flexibility index (Phi) is 5.77. The van der Waals surface area contributed by atoms with Gasteiger partial charge in [-0.2, -0.15) is 0 Å². The predicted octanol–water partition coefficient (Wildman–Crippen LogP) is 3.51. The SMILES string of the molecule is O=C(Nc1ccc(C(C(=O)NO)c2ccccc2)cc1)C1COc2ccccc2C1. The number of carbonyl (C=O) groups is 2. The van der Waals surface area contributed by atoms with Crippen LogP contribution >= 0.6 is 0 Å². The number of fused-ring (bicyclic) bond motifs is 1. The van der Waals surface area contributed by atoms with Crippen molar-refractivity contribution in [2.75, 3.05) is 11.9 Å². The molecule has 0 saturated heterocycles. The zero-order valence-corrected chi connectivity index (χ0v) is 16.2. The average Bonchev–Trinajstić information content (AvgIpc) is 2.80. The van der Waals surface area contributed by atoms with Gasteiger partial charge in [-0.1, -0.05) is 60.7 Å². The summed E-state index contributed by atoms with van der Waals surface area (Å²) in [6, 6.07) is 24.0. The van der Waals surface area contributed by atoms with Crippen LogP contribution in [0.4, 0.5) is 5.69 Å². The Morgan fingerprint density at radius 1 is 0.900 bits per heavy atom. The Balaban J connectivity index is 1.47. The number of hydroxylamine groups is 1. The molecule has 3 N–H and O–H groups in total. The molecular formula is C24H22N2O4. The van der Waals surface area contributed by atoms with Gasteiger partial charge in [0.25, 0.3) is 5.91 Å². The fourth-order valence-electron chi connectivity index (χ4n) is 3.70. The molecule has 6 nitrogen and oxygen atoms in total. The maximum atomic E-state index is 12.7. The number of nitrogens with one attached hydrogen (secondary N) is 2. The molecule has 30 heavy (non-hydrogen) atoms. The summed E-state index contributed by atoms with van der Waals surface area (Å²) < 4.78 is 5.70. The number of rotatable bonds is 5. The smallest absolute Gasteiger partial charge is 0.255 e. The average molecular weight is 402 g/mol. The van der Waals surface area contributed by atoms with E-state index in [2.05, 4.69) is 5.32 Å². The highest BCUT2D eigenvalue weighted by Crippen LogP contribution is 2.29. The van der Waals surface area contributed by atoms with E-state index in [0.29, 0.717) is 24.3 Å². The lowest BCUT2D eigenvalue weighted by Gasteiger charge is -2.24. The summed E-state index contributed by atoms with van der Waals surface area (Å²) >= 11 is 0. The summed E-state index contributed by atoms with van der Waals surface area (Å²) in [5.41, 5.74) is 4.87. The first-order valence-corrected chi connectivity index (χ1v) is 9.76. The zero-order valence-electron chi connectivity index (χ0n) is 16.2. The van der Waals surface area contributed by atoms with Gasteiger partial charge in [-0.25, -0.2) is 5.48 Å². The Morgan fingerprint density at radius 2 is 1.57 bits per heavy atom. The molecule has 2 atom stereocenters. The van der Waals surface area contributed by atoms with Crippen LogP contribution in [0.5, 0.6) is 5.75 Å². The molecule has 2 unspecified atom stereocenters. The topological polar surface area (TPSA) is 87.7 Å². The second-order valence-electron chi connectivity index (χ2n) is 7.25. The number of benzene rings is 3. The van der Waals surface area contributed by atoms with Crippen molar-refractivity contribution >= 4 is 17.5 Å². The number of para-hydroxylation sites is 1. The van der Waals surface area contributed by atoms with Crippen molar-refractivity contribution in [2.24, 2.45) is 5.92 Å². The summed E-state index contributed by atoms with van der Waals surface area (Å²) in [5.74, 6) is -0.706. The molecule has 6 heteroatoms. The molecule has 3 aromatic rings. The van der Waals surface area contributed by atoms with Crippen LogP contribution in [0.2, 0.25) is 0 Å². The number of carbonyl (C=O) groups excluding carboxylic acids is 2. The fraction of sp³-hybridized carbons (Fsp3) is 0.167.